The van der Waals surface area contributed by atoms with E-state index in [1.807, 2.05) is 18.2 Å². The van der Waals surface area contributed by atoms with Gasteiger partial charge in [0.25, 0.3) is 0 Å². The number of pyridine rings is 1. The fourth-order valence-electron chi connectivity index (χ4n) is 3.52. The monoisotopic (exact) mass is 313 g/mol. The molecule has 1 aromatic rings. The largest absolute Gasteiger partial charge is 0.507 e. The quantitative estimate of drug-likeness (QED) is 0.829. The van der Waals surface area contributed by atoms with Crippen molar-refractivity contribution in [2.24, 2.45) is 4.99 Å². The number of cyclic esters (lactones) is 1. The van der Waals surface area contributed by atoms with Gasteiger partial charge in [0.05, 0.1) is 6.04 Å². The van der Waals surface area contributed by atoms with Gasteiger partial charge in [0.2, 0.25) is 0 Å². The molecule has 23 heavy (non-hydrogen) atoms. The van der Waals surface area contributed by atoms with E-state index in [9.17, 15) is 9.90 Å². The summed E-state index contributed by atoms with van der Waals surface area (Å²) in [7, 11) is 0. The topological polar surface area (TPSA) is 83.8 Å². The molecule has 1 fully saturated rings. The summed E-state index contributed by atoms with van der Waals surface area (Å²) in [5.41, 5.74) is 0.966. The van der Waals surface area contributed by atoms with Crippen molar-refractivity contribution in [2.75, 3.05) is 0 Å². The van der Waals surface area contributed by atoms with E-state index >= 15 is 0 Å². The second-order valence-electron chi connectivity index (χ2n) is 6.26. The number of carbonyl (C=O) groups is 1. The summed E-state index contributed by atoms with van der Waals surface area (Å²) < 4.78 is 5.33. The van der Waals surface area contributed by atoms with Crippen molar-refractivity contribution in [1.82, 2.24) is 10.3 Å². The lowest BCUT2D eigenvalue weighted by Crippen LogP contribution is -2.37. The number of hydrogen-bond acceptors (Lipinski definition) is 6. The minimum atomic E-state index is -0.681. The molecule has 0 unspecified atom stereocenters. The van der Waals surface area contributed by atoms with Gasteiger partial charge in [-0.3, -0.25) is 9.98 Å². The highest BCUT2D eigenvalue weighted by molar-refractivity contribution is 6.21. The van der Waals surface area contributed by atoms with Crippen molar-refractivity contribution in [3.05, 3.63) is 41.4 Å². The van der Waals surface area contributed by atoms with Crippen LogP contribution in [0.2, 0.25) is 0 Å². The number of aliphatic imine (C=N–C) groups is 1. The lowest BCUT2D eigenvalue weighted by Gasteiger charge is -2.23. The molecule has 3 atom stereocenters. The van der Waals surface area contributed by atoms with Crippen molar-refractivity contribution in [1.29, 1.82) is 0 Å². The predicted molar refractivity (Wildman–Crippen MR) is 84.1 cm³/mol. The molecule has 6 nitrogen and oxygen atoms in total. The molecule has 1 saturated carbocycles. The van der Waals surface area contributed by atoms with Gasteiger partial charge in [-0.05, 0) is 25.0 Å². The Morgan fingerprint density at radius 1 is 1.30 bits per heavy atom. The van der Waals surface area contributed by atoms with E-state index in [-0.39, 0.29) is 23.4 Å². The van der Waals surface area contributed by atoms with Gasteiger partial charge >= 0.3 is 5.97 Å². The third kappa shape index (κ3) is 2.58. The van der Waals surface area contributed by atoms with Gasteiger partial charge in [-0.25, -0.2) is 4.79 Å². The fourth-order valence-corrected chi connectivity index (χ4v) is 3.52. The average Bonchev–Trinajstić information content (AvgIpc) is 3.09. The van der Waals surface area contributed by atoms with Crippen molar-refractivity contribution >= 4 is 11.8 Å². The van der Waals surface area contributed by atoms with E-state index in [0.29, 0.717) is 12.3 Å². The number of fused-ring (bicyclic) bond motifs is 1. The van der Waals surface area contributed by atoms with Crippen LogP contribution >= 0.6 is 0 Å². The van der Waals surface area contributed by atoms with E-state index in [1.165, 1.54) is 6.42 Å². The summed E-state index contributed by atoms with van der Waals surface area (Å²) in [6.45, 7) is 0. The van der Waals surface area contributed by atoms with Crippen molar-refractivity contribution < 1.29 is 14.6 Å². The SMILES string of the molecule is O=C1O[C@@H](Cc2ccccn2)C(O)=C1C1=N[C@H]2CCCC[C@@H]2N1. The Morgan fingerprint density at radius 3 is 2.96 bits per heavy atom. The second-order valence-corrected chi connectivity index (χ2v) is 6.26. The molecule has 0 radical (unpaired) electrons. The summed E-state index contributed by atoms with van der Waals surface area (Å²) in [4.78, 5) is 21.0. The second kappa shape index (κ2) is 5.68. The lowest BCUT2D eigenvalue weighted by molar-refractivity contribution is -0.139. The molecule has 2 aliphatic heterocycles. The zero-order chi connectivity index (χ0) is 15.8. The Hall–Kier alpha value is -2.37. The van der Waals surface area contributed by atoms with E-state index in [0.717, 1.165) is 25.0 Å². The highest BCUT2D eigenvalue weighted by Crippen LogP contribution is 2.30. The number of carbonyl (C=O) groups excluding carboxylic acids is 1. The van der Waals surface area contributed by atoms with Crippen molar-refractivity contribution in [2.45, 2.75) is 50.3 Å². The normalized spacial score (nSPS) is 29.8. The van der Waals surface area contributed by atoms with Gasteiger partial charge in [0.1, 0.15) is 11.4 Å². The molecular weight excluding hydrogens is 294 g/mol. The summed E-state index contributed by atoms with van der Waals surface area (Å²) >= 11 is 0. The molecule has 0 amide bonds. The molecule has 6 heteroatoms. The Bertz CT molecular complexity index is 684. The van der Waals surface area contributed by atoms with E-state index in [2.05, 4.69) is 15.3 Å². The van der Waals surface area contributed by atoms with Gasteiger partial charge < -0.3 is 15.2 Å². The van der Waals surface area contributed by atoms with Crippen molar-refractivity contribution in [3.8, 4) is 0 Å². The van der Waals surface area contributed by atoms with E-state index in [4.69, 9.17) is 4.74 Å². The van der Waals surface area contributed by atoms with Crippen LogP contribution in [0.15, 0.2) is 40.7 Å². The zero-order valence-electron chi connectivity index (χ0n) is 12.7. The summed E-state index contributed by atoms with van der Waals surface area (Å²) in [6, 6.07) is 6.03. The van der Waals surface area contributed by atoms with Crippen LogP contribution in [0.4, 0.5) is 0 Å². The molecule has 0 bridgehead atoms. The third-order valence-corrected chi connectivity index (χ3v) is 4.72. The molecular formula is C17H19N3O3. The Kier molecular flexibility index (Phi) is 3.52. The highest BCUT2D eigenvalue weighted by Gasteiger charge is 2.41. The molecule has 2 N–H and O–H groups in total. The average molecular weight is 313 g/mol. The Morgan fingerprint density at radius 2 is 2.17 bits per heavy atom. The molecule has 0 aromatic carbocycles. The number of aliphatic hydroxyl groups excluding tert-OH is 1. The summed E-state index contributed by atoms with van der Waals surface area (Å²) in [6.07, 6.45) is 5.79. The molecule has 3 heterocycles. The minimum Gasteiger partial charge on any atom is -0.507 e. The summed E-state index contributed by atoms with van der Waals surface area (Å²) in [5.74, 6) is -0.0493. The number of amidine groups is 1. The zero-order valence-corrected chi connectivity index (χ0v) is 12.7. The van der Waals surface area contributed by atoms with Crippen LogP contribution in [-0.4, -0.2) is 40.1 Å². The highest BCUT2D eigenvalue weighted by atomic mass is 16.6. The van der Waals surface area contributed by atoms with Crippen LogP contribution in [-0.2, 0) is 16.0 Å². The number of ether oxygens (including phenoxy) is 1. The number of nitrogens with one attached hydrogen (secondary N) is 1. The first kappa shape index (κ1) is 14.2. The fraction of sp³-hybridized carbons (Fsp3) is 0.471. The maximum absolute atomic E-state index is 12.2. The van der Waals surface area contributed by atoms with Crippen LogP contribution in [0.1, 0.15) is 31.4 Å². The molecule has 1 aromatic heterocycles. The van der Waals surface area contributed by atoms with Crippen LogP contribution in [0.3, 0.4) is 0 Å². The van der Waals surface area contributed by atoms with Crippen LogP contribution in [0.5, 0.6) is 0 Å². The number of aromatic nitrogens is 1. The molecule has 120 valence electrons. The van der Waals surface area contributed by atoms with Crippen molar-refractivity contribution in [3.63, 3.8) is 0 Å². The third-order valence-electron chi connectivity index (χ3n) is 4.72. The molecule has 1 aliphatic carbocycles. The maximum atomic E-state index is 12.2. The standard InChI is InChI=1S/C17H19N3O3/c21-15-13(9-10-5-3-4-8-18-10)23-17(22)14(15)16-19-11-6-1-2-7-12(11)20-16/h3-5,8,11-13,21H,1-2,6-7,9H2,(H,19,20)/t11-,12-,13-/m0/s1. The molecule has 0 spiro atoms. The van der Waals surface area contributed by atoms with Gasteiger partial charge in [-0.15, -0.1) is 0 Å². The number of nitrogens with zero attached hydrogens (tertiary/aromatic N) is 2. The minimum absolute atomic E-state index is 0.0365. The van der Waals surface area contributed by atoms with Gasteiger partial charge in [0, 0.05) is 24.4 Å². The predicted octanol–water partition coefficient (Wildman–Crippen LogP) is 1.67. The van der Waals surface area contributed by atoms with Gasteiger partial charge in [-0.1, -0.05) is 18.9 Å². The molecule has 0 saturated heterocycles. The molecule has 4 rings (SSSR count). The summed E-state index contributed by atoms with van der Waals surface area (Å²) in [5, 5.41) is 13.8. The van der Waals surface area contributed by atoms with Gasteiger partial charge in [-0.2, -0.15) is 0 Å². The number of aliphatic hydroxyl groups is 1. The lowest BCUT2D eigenvalue weighted by atomic mass is 9.92. The number of esters is 1. The first-order chi connectivity index (χ1) is 11.2. The molecule has 3 aliphatic rings. The number of rotatable bonds is 3. The van der Waals surface area contributed by atoms with E-state index < -0.39 is 12.1 Å². The smallest absolute Gasteiger partial charge is 0.346 e. The van der Waals surface area contributed by atoms with Crippen LogP contribution < -0.4 is 5.32 Å². The van der Waals surface area contributed by atoms with E-state index in [1.54, 1.807) is 6.20 Å². The van der Waals surface area contributed by atoms with Crippen LogP contribution in [0.25, 0.3) is 0 Å². The van der Waals surface area contributed by atoms with Gasteiger partial charge in [0.15, 0.2) is 11.9 Å². The Balaban J connectivity index is 1.56. The first-order valence-electron chi connectivity index (χ1n) is 8.11. The first-order valence-corrected chi connectivity index (χ1v) is 8.11. The maximum Gasteiger partial charge on any atom is 0.346 e. The van der Waals surface area contributed by atoms with Crippen LogP contribution in [0, 0.1) is 0 Å². The number of hydrogen-bond donors (Lipinski definition) is 2. The Labute approximate surface area is 134 Å².